The Hall–Kier alpha value is -1.31. The van der Waals surface area contributed by atoms with Crippen molar-refractivity contribution in [1.82, 2.24) is 5.32 Å². The fourth-order valence-electron chi connectivity index (χ4n) is 2.69. The number of carbonyl (C=O) groups is 2. The Kier molecular flexibility index (Phi) is 3.00. The van der Waals surface area contributed by atoms with Gasteiger partial charge in [-0.2, -0.15) is 13.2 Å². The van der Waals surface area contributed by atoms with E-state index in [-0.39, 0.29) is 18.9 Å². The van der Waals surface area contributed by atoms with Crippen LogP contribution in [0.5, 0.6) is 0 Å². The van der Waals surface area contributed by atoms with Crippen LogP contribution in [0.4, 0.5) is 13.2 Å². The Morgan fingerprint density at radius 1 is 1.39 bits per heavy atom. The standard InChI is InChI=1S/C10H13F3N2O3/c11-10(12,13)8(17)18-6-3-5-1-2-9(4-6,15-5)7(14)16/h5-6,15H,1-4H2,(H2,14,16)/t5-,6-,9+/m1/s1. The van der Waals surface area contributed by atoms with Crippen LogP contribution >= 0.6 is 0 Å². The van der Waals surface area contributed by atoms with E-state index in [1.807, 2.05) is 0 Å². The van der Waals surface area contributed by atoms with Crippen LogP contribution in [0.2, 0.25) is 0 Å². The number of amides is 1. The largest absolute Gasteiger partial charge is 0.490 e. The van der Waals surface area contributed by atoms with Gasteiger partial charge in [-0.15, -0.1) is 0 Å². The van der Waals surface area contributed by atoms with E-state index in [2.05, 4.69) is 10.1 Å². The molecular formula is C10H13F3N2O3. The van der Waals surface area contributed by atoms with E-state index in [0.717, 1.165) is 0 Å². The van der Waals surface area contributed by atoms with Crippen LogP contribution in [-0.4, -0.2) is 35.7 Å². The third-order valence-corrected chi connectivity index (χ3v) is 3.50. The molecule has 0 aliphatic carbocycles. The van der Waals surface area contributed by atoms with E-state index in [1.54, 1.807) is 0 Å². The lowest BCUT2D eigenvalue weighted by atomic mass is 9.88. The minimum atomic E-state index is -5.01. The molecule has 2 saturated heterocycles. The summed E-state index contributed by atoms with van der Waals surface area (Å²) >= 11 is 0. The maximum Gasteiger partial charge on any atom is 0.490 e. The first-order valence-corrected chi connectivity index (χ1v) is 5.58. The number of piperidine rings is 1. The van der Waals surface area contributed by atoms with E-state index < -0.39 is 29.7 Å². The number of nitrogens with one attached hydrogen (secondary N) is 1. The number of nitrogens with two attached hydrogens (primary N) is 1. The van der Waals surface area contributed by atoms with Gasteiger partial charge in [-0.25, -0.2) is 4.79 Å². The van der Waals surface area contributed by atoms with Gasteiger partial charge in [0.25, 0.3) is 0 Å². The zero-order chi connectivity index (χ0) is 13.6. The number of fused-ring (bicyclic) bond motifs is 2. The Bertz CT molecular complexity index is 385. The monoisotopic (exact) mass is 266 g/mol. The van der Waals surface area contributed by atoms with Crippen LogP contribution in [-0.2, 0) is 14.3 Å². The van der Waals surface area contributed by atoms with E-state index in [0.29, 0.717) is 12.8 Å². The third kappa shape index (κ3) is 2.29. The maximum absolute atomic E-state index is 12.1. The van der Waals surface area contributed by atoms with Gasteiger partial charge < -0.3 is 15.8 Å². The molecule has 0 saturated carbocycles. The summed E-state index contributed by atoms with van der Waals surface area (Å²) in [5.74, 6) is -2.83. The highest BCUT2D eigenvalue weighted by atomic mass is 19.4. The van der Waals surface area contributed by atoms with E-state index in [9.17, 15) is 22.8 Å². The molecule has 2 fully saturated rings. The number of rotatable bonds is 2. The highest BCUT2D eigenvalue weighted by molar-refractivity contribution is 5.85. The molecule has 2 aliphatic rings. The highest BCUT2D eigenvalue weighted by Crippen LogP contribution is 2.37. The van der Waals surface area contributed by atoms with Crippen molar-refractivity contribution in [1.29, 1.82) is 0 Å². The summed E-state index contributed by atoms with van der Waals surface area (Å²) in [6.45, 7) is 0. The molecule has 2 aliphatic heterocycles. The molecular weight excluding hydrogens is 253 g/mol. The molecule has 1 amide bonds. The fourth-order valence-corrected chi connectivity index (χ4v) is 2.69. The van der Waals surface area contributed by atoms with E-state index in [4.69, 9.17) is 5.73 Å². The van der Waals surface area contributed by atoms with Gasteiger partial charge in [-0.3, -0.25) is 4.79 Å². The first-order chi connectivity index (χ1) is 8.23. The fraction of sp³-hybridized carbons (Fsp3) is 0.800. The van der Waals surface area contributed by atoms with Crippen molar-refractivity contribution in [2.24, 2.45) is 5.73 Å². The van der Waals surface area contributed by atoms with Gasteiger partial charge in [0.15, 0.2) is 0 Å². The van der Waals surface area contributed by atoms with Gasteiger partial charge in [0.05, 0.1) is 0 Å². The van der Waals surface area contributed by atoms with Crippen molar-refractivity contribution in [3.8, 4) is 0 Å². The second-order valence-electron chi connectivity index (χ2n) is 4.79. The first-order valence-electron chi connectivity index (χ1n) is 5.58. The predicted molar refractivity (Wildman–Crippen MR) is 53.3 cm³/mol. The average molecular weight is 266 g/mol. The normalized spacial score (nSPS) is 35.3. The van der Waals surface area contributed by atoms with E-state index in [1.165, 1.54) is 0 Å². The minimum Gasteiger partial charge on any atom is -0.456 e. The Morgan fingerprint density at radius 2 is 2.06 bits per heavy atom. The number of alkyl halides is 3. The number of carbonyl (C=O) groups excluding carboxylic acids is 2. The number of esters is 1. The van der Waals surface area contributed by atoms with Crippen molar-refractivity contribution in [2.75, 3.05) is 0 Å². The van der Waals surface area contributed by atoms with Crippen molar-refractivity contribution in [3.05, 3.63) is 0 Å². The number of hydrogen-bond acceptors (Lipinski definition) is 4. The Morgan fingerprint density at radius 3 is 2.61 bits per heavy atom. The molecule has 0 aromatic carbocycles. The molecule has 2 heterocycles. The zero-order valence-electron chi connectivity index (χ0n) is 9.42. The lowest BCUT2D eigenvalue weighted by Crippen LogP contribution is -2.59. The zero-order valence-corrected chi connectivity index (χ0v) is 9.42. The summed E-state index contributed by atoms with van der Waals surface area (Å²) in [7, 11) is 0. The van der Waals surface area contributed by atoms with Gasteiger partial charge in [0.1, 0.15) is 11.6 Å². The third-order valence-electron chi connectivity index (χ3n) is 3.50. The van der Waals surface area contributed by atoms with Gasteiger partial charge in [0.2, 0.25) is 5.91 Å². The van der Waals surface area contributed by atoms with Crippen LogP contribution in [0.15, 0.2) is 0 Å². The second kappa shape index (κ2) is 4.11. The molecule has 2 rings (SSSR count). The summed E-state index contributed by atoms with van der Waals surface area (Å²) in [6, 6.07) is -0.128. The molecule has 0 spiro atoms. The van der Waals surface area contributed by atoms with Gasteiger partial charge in [-0.1, -0.05) is 0 Å². The topological polar surface area (TPSA) is 81.4 Å². The molecule has 18 heavy (non-hydrogen) atoms. The number of ether oxygens (including phenoxy) is 1. The first kappa shape index (κ1) is 13.1. The van der Waals surface area contributed by atoms with Gasteiger partial charge in [-0.05, 0) is 19.3 Å². The van der Waals surface area contributed by atoms with Crippen molar-refractivity contribution >= 4 is 11.9 Å². The van der Waals surface area contributed by atoms with Gasteiger partial charge >= 0.3 is 12.1 Å². The minimum absolute atomic E-state index is 0.000648. The molecule has 8 heteroatoms. The quantitative estimate of drug-likeness (QED) is 0.701. The van der Waals surface area contributed by atoms with Crippen LogP contribution < -0.4 is 11.1 Å². The summed E-state index contributed by atoms with van der Waals surface area (Å²) in [4.78, 5) is 22.1. The van der Waals surface area contributed by atoms with Crippen molar-refractivity contribution in [2.45, 2.75) is 49.5 Å². The molecule has 0 aromatic heterocycles. The molecule has 2 bridgehead atoms. The van der Waals surface area contributed by atoms with Crippen molar-refractivity contribution < 1.29 is 27.5 Å². The number of halogens is 3. The molecule has 102 valence electrons. The highest BCUT2D eigenvalue weighted by Gasteiger charge is 2.52. The summed E-state index contributed by atoms with van der Waals surface area (Å²) in [5, 5.41) is 3.00. The summed E-state index contributed by atoms with van der Waals surface area (Å²) < 4.78 is 40.7. The van der Waals surface area contributed by atoms with E-state index >= 15 is 0 Å². The summed E-state index contributed by atoms with van der Waals surface area (Å²) in [5.41, 5.74) is 4.23. The Labute approximate surface area is 101 Å². The van der Waals surface area contributed by atoms with Gasteiger partial charge in [0, 0.05) is 12.5 Å². The lowest BCUT2D eigenvalue weighted by Gasteiger charge is -2.36. The molecule has 0 aromatic rings. The molecule has 0 unspecified atom stereocenters. The molecule has 3 atom stereocenters. The second-order valence-corrected chi connectivity index (χ2v) is 4.79. The van der Waals surface area contributed by atoms with Crippen LogP contribution in [0, 0.1) is 0 Å². The van der Waals surface area contributed by atoms with Crippen molar-refractivity contribution in [3.63, 3.8) is 0 Å². The lowest BCUT2D eigenvalue weighted by molar-refractivity contribution is -0.207. The predicted octanol–water partition coefficient (Wildman–Crippen LogP) is 0.230. The maximum atomic E-state index is 12.1. The average Bonchev–Trinajstić information content (AvgIpc) is 2.54. The molecule has 5 nitrogen and oxygen atoms in total. The van der Waals surface area contributed by atoms with Crippen LogP contribution in [0.25, 0.3) is 0 Å². The van der Waals surface area contributed by atoms with Crippen LogP contribution in [0.3, 0.4) is 0 Å². The number of primary amides is 1. The number of hydrogen-bond donors (Lipinski definition) is 2. The molecule has 0 radical (unpaired) electrons. The SMILES string of the molecule is NC(=O)[C@]12CC[C@H](C[C@@H](OC(=O)C(F)(F)F)C1)N2. The van der Waals surface area contributed by atoms with Crippen LogP contribution in [0.1, 0.15) is 25.7 Å². The summed E-state index contributed by atoms with van der Waals surface area (Å²) in [6.07, 6.45) is -4.54. The smallest absolute Gasteiger partial charge is 0.456 e. The Balaban J connectivity index is 2.05. The molecule has 3 N–H and O–H groups in total.